The van der Waals surface area contributed by atoms with Gasteiger partial charge in [0.15, 0.2) is 0 Å². The predicted octanol–water partition coefficient (Wildman–Crippen LogP) is 16.9. The molecule has 0 amide bonds. The molecule has 13 rings (SSSR count). The van der Waals surface area contributed by atoms with Crippen LogP contribution in [0.2, 0.25) is 0 Å². The monoisotopic (exact) mass is 802 g/mol. The van der Waals surface area contributed by atoms with Crippen LogP contribution < -0.4 is 4.90 Å². The second kappa shape index (κ2) is 14.1. The summed E-state index contributed by atoms with van der Waals surface area (Å²) in [4.78, 5) is 2.40. The predicted molar refractivity (Wildman–Crippen MR) is 266 cm³/mol. The van der Waals surface area contributed by atoms with Gasteiger partial charge in [-0.25, -0.2) is 0 Å². The maximum atomic E-state index is 6.45. The number of fused-ring (bicyclic) bond motifs is 10. The smallest absolute Gasteiger partial charge is 0.136 e. The Hall–Kier alpha value is -8.40. The fourth-order valence-electron chi connectivity index (χ4n) is 10.0. The lowest BCUT2D eigenvalue weighted by Gasteiger charge is -2.28. The molecule has 0 radical (unpaired) electrons. The summed E-state index contributed by atoms with van der Waals surface area (Å²) in [5.41, 5.74) is 13.2. The van der Waals surface area contributed by atoms with Crippen LogP contribution >= 0.6 is 0 Å². The van der Waals surface area contributed by atoms with Crippen molar-refractivity contribution in [3.8, 4) is 27.9 Å². The minimum absolute atomic E-state index is 0.885. The normalized spacial score (nSPS) is 11.8. The third-order valence-electron chi connectivity index (χ3n) is 12.9. The zero-order valence-corrected chi connectivity index (χ0v) is 34.2. The van der Waals surface area contributed by atoms with Crippen LogP contribution in [0.25, 0.3) is 104 Å². The molecule has 0 fully saturated rings. The molecule has 0 N–H and O–H groups in total. The Labute approximate surface area is 363 Å². The van der Waals surface area contributed by atoms with Crippen molar-refractivity contribution in [3.63, 3.8) is 0 Å². The van der Waals surface area contributed by atoms with Crippen LogP contribution in [0.5, 0.6) is 0 Å². The summed E-state index contributed by atoms with van der Waals surface area (Å²) in [6.07, 6.45) is 0. The average Bonchev–Trinajstić information content (AvgIpc) is 3.88. The molecule has 0 saturated heterocycles. The van der Waals surface area contributed by atoms with E-state index in [-0.39, 0.29) is 0 Å². The first kappa shape index (κ1) is 35.4. The third-order valence-corrected chi connectivity index (χ3v) is 12.9. The Morgan fingerprint density at radius 1 is 0.317 bits per heavy atom. The SMILES string of the molecule is c1ccc(N(c2ccc(-c3cc4ccccc4c4ccccc34)cc2)c2ccc(-n3c4ccccc4c4ccccc43)cc2)c(-c2ccc3oc4cc5ccccc5cc4c3c2)c1. The van der Waals surface area contributed by atoms with Gasteiger partial charge in [0, 0.05) is 44.2 Å². The Kier molecular flexibility index (Phi) is 7.91. The highest BCUT2D eigenvalue weighted by Crippen LogP contribution is 2.44. The van der Waals surface area contributed by atoms with Gasteiger partial charge in [0.05, 0.1) is 16.7 Å². The van der Waals surface area contributed by atoms with Gasteiger partial charge in [-0.1, -0.05) is 146 Å². The van der Waals surface area contributed by atoms with Gasteiger partial charge in [-0.2, -0.15) is 0 Å². The highest BCUT2D eigenvalue weighted by atomic mass is 16.3. The maximum absolute atomic E-state index is 6.45. The summed E-state index contributed by atoms with van der Waals surface area (Å²) >= 11 is 0. The molecule has 0 saturated carbocycles. The first-order chi connectivity index (χ1) is 31.2. The van der Waals surface area contributed by atoms with Crippen LogP contribution in [0, 0.1) is 0 Å². The highest BCUT2D eigenvalue weighted by Gasteiger charge is 2.20. The quantitative estimate of drug-likeness (QED) is 0.156. The molecule has 63 heavy (non-hydrogen) atoms. The van der Waals surface area contributed by atoms with Crippen molar-refractivity contribution < 1.29 is 4.42 Å². The van der Waals surface area contributed by atoms with Crippen LogP contribution in [-0.2, 0) is 0 Å². The van der Waals surface area contributed by atoms with E-state index in [2.05, 4.69) is 240 Å². The lowest BCUT2D eigenvalue weighted by atomic mass is 9.93. The van der Waals surface area contributed by atoms with Crippen LogP contribution in [0.1, 0.15) is 0 Å². The van der Waals surface area contributed by atoms with E-state index in [0.29, 0.717) is 0 Å². The van der Waals surface area contributed by atoms with Gasteiger partial charge in [-0.05, 0) is 134 Å². The van der Waals surface area contributed by atoms with E-state index in [1.165, 1.54) is 65.3 Å². The summed E-state index contributed by atoms with van der Waals surface area (Å²) in [6, 6.07) is 83.6. The summed E-state index contributed by atoms with van der Waals surface area (Å²) in [7, 11) is 0. The fourth-order valence-corrected chi connectivity index (χ4v) is 10.0. The minimum Gasteiger partial charge on any atom is -0.456 e. The maximum Gasteiger partial charge on any atom is 0.136 e. The molecule has 0 aliphatic heterocycles. The molecular formula is C60H38N2O. The number of hydrogen-bond acceptors (Lipinski definition) is 2. The minimum atomic E-state index is 0.885. The molecule has 11 aromatic carbocycles. The van der Waals surface area contributed by atoms with Crippen molar-refractivity contribution in [3.05, 3.63) is 231 Å². The lowest BCUT2D eigenvalue weighted by molar-refractivity contribution is 0.669. The first-order valence-corrected chi connectivity index (χ1v) is 21.6. The molecule has 13 aromatic rings. The Morgan fingerprint density at radius 2 is 0.857 bits per heavy atom. The van der Waals surface area contributed by atoms with Crippen molar-refractivity contribution in [1.29, 1.82) is 0 Å². The average molecular weight is 803 g/mol. The molecule has 0 bridgehead atoms. The zero-order valence-electron chi connectivity index (χ0n) is 34.2. The second-order valence-corrected chi connectivity index (χ2v) is 16.5. The van der Waals surface area contributed by atoms with E-state index in [0.717, 1.165) is 55.8 Å². The van der Waals surface area contributed by atoms with E-state index in [1.807, 2.05) is 0 Å². The number of aromatic nitrogens is 1. The van der Waals surface area contributed by atoms with Crippen LogP contribution in [0.4, 0.5) is 17.1 Å². The third kappa shape index (κ3) is 5.67. The van der Waals surface area contributed by atoms with Crippen LogP contribution in [0.3, 0.4) is 0 Å². The van der Waals surface area contributed by atoms with Crippen molar-refractivity contribution >= 4 is 93.1 Å². The van der Waals surface area contributed by atoms with E-state index < -0.39 is 0 Å². The molecular weight excluding hydrogens is 765 g/mol. The standard InChI is InChI=1S/C60H38N2O/c1-2-14-41-38-60-55(35-40(41)13-1)54-37-43(27-34-59(54)63-60)48-17-7-10-22-56(48)61(45-30-32-46(33-31-45)62-57-23-11-8-20-51(57)52-21-9-12-24-58(52)62)44-28-25-39(26-29-44)53-36-42-15-3-4-16-47(42)49-18-5-6-19-50(49)53/h1-38H. The van der Waals surface area contributed by atoms with Crippen LogP contribution in [0.15, 0.2) is 235 Å². The summed E-state index contributed by atoms with van der Waals surface area (Å²) in [5, 5.41) is 12.1. The number of benzene rings is 11. The van der Waals surface area contributed by atoms with Gasteiger partial charge in [-0.3, -0.25) is 0 Å². The first-order valence-electron chi connectivity index (χ1n) is 21.6. The highest BCUT2D eigenvalue weighted by molar-refractivity contribution is 6.14. The summed E-state index contributed by atoms with van der Waals surface area (Å²) in [5.74, 6) is 0. The molecule has 2 aromatic heterocycles. The molecule has 3 nitrogen and oxygen atoms in total. The molecule has 0 aliphatic rings. The zero-order chi connectivity index (χ0) is 41.4. The van der Waals surface area contributed by atoms with Gasteiger partial charge < -0.3 is 13.9 Å². The van der Waals surface area contributed by atoms with Crippen molar-refractivity contribution in [1.82, 2.24) is 4.57 Å². The van der Waals surface area contributed by atoms with E-state index in [1.54, 1.807) is 0 Å². The van der Waals surface area contributed by atoms with Crippen molar-refractivity contribution in [2.24, 2.45) is 0 Å². The van der Waals surface area contributed by atoms with Crippen LogP contribution in [-0.4, -0.2) is 4.57 Å². The van der Waals surface area contributed by atoms with E-state index in [4.69, 9.17) is 4.42 Å². The lowest BCUT2D eigenvalue weighted by Crippen LogP contribution is -2.11. The summed E-state index contributed by atoms with van der Waals surface area (Å²) in [6.45, 7) is 0. The number of nitrogens with zero attached hydrogens (tertiary/aromatic N) is 2. The molecule has 0 unspecified atom stereocenters. The number of para-hydroxylation sites is 3. The largest absolute Gasteiger partial charge is 0.456 e. The Morgan fingerprint density at radius 3 is 1.59 bits per heavy atom. The van der Waals surface area contributed by atoms with E-state index in [9.17, 15) is 0 Å². The molecule has 0 aliphatic carbocycles. The van der Waals surface area contributed by atoms with Crippen molar-refractivity contribution in [2.45, 2.75) is 0 Å². The Balaban J connectivity index is 0.979. The molecule has 294 valence electrons. The molecule has 2 heterocycles. The molecule has 0 spiro atoms. The number of rotatable bonds is 6. The summed E-state index contributed by atoms with van der Waals surface area (Å²) < 4.78 is 8.83. The molecule has 3 heteroatoms. The van der Waals surface area contributed by atoms with Gasteiger partial charge in [0.2, 0.25) is 0 Å². The van der Waals surface area contributed by atoms with E-state index >= 15 is 0 Å². The number of anilines is 3. The van der Waals surface area contributed by atoms with Crippen molar-refractivity contribution in [2.75, 3.05) is 4.90 Å². The van der Waals surface area contributed by atoms with Gasteiger partial charge in [-0.15, -0.1) is 0 Å². The fraction of sp³-hybridized carbons (Fsp3) is 0. The second-order valence-electron chi connectivity index (χ2n) is 16.5. The van der Waals surface area contributed by atoms with Gasteiger partial charge >= 0.3 is 0 Å². The molecule has 0 atom stereocenters. The number of hydrogen-bond donors (Lipinski definition) is 0. The Bertz CT molecular complexity index is 3860. The van der Waals surface area contributed by atoms with Gasteiger partial charge in [0.1, 0.15) is 11.2 Å². The number of furan rings is 1. The van der Waals surface area contributed by atoms with Gasteiger partial charge in [0.25, 0.3) is 0 Å². The topological polar surface area (TPSA) is 21.3 Å².